The van der Waals surface area contributed by atoms with E-state index >= 15 is 0 Å². The van der Waals surface area contributed by atoms with Gasteiger partial charge in [0.15, 0.2) is 0 Å². The minimum absolute atomic E-state index is 0.188. The molecule has 0 saturated carbocycles. The lowest BCUT2D eigenvalue weighted by Gasteiger charge is -2.22. The topological polar surface area (TPSA) is 65.0 Å². The molecule has 0 unspecified atom stereocenters. The summed E-state index contributed by atoms with van der Waals surface area (Å²) >= 11 is 0. The van der Waals surface area contributed by atoms with E-state index in [1.54, 1.807) is 18.1 Å². The molecule has 3 aromatic rings. The first kappa shape index (κ1) is 20.1. The molecule has 0 saturated heterocycles. The third-order valence-electron chi connectivity index (χ3n) is 4.81. The Hall–Kier alpha value is -4.19. The predicted molar refractivity (Wildman–Crippen MR) is 122 cm³/mol. The number of nitrogens with zero attached hydrogens (tertiary/aromatic N) is 3. The van der Waals surface area contributed by atoms with Crippen LogP contribution in [0.25, 0.3) is 0 Å². The molecule has 0 radical (unpaired) electrons. The molecule has 31 heavy (non-hydrogen) atoms. The second-order valence-electron chi connectivity index (χ2n) is 7.08. The first-order valence-electron chi connectivity index (χ1n) is 9.96. The summed E-state index contributed by atoms with van der Waals surface area (Å²) in [6, 6.07) is 28.1. The van der Waals surface area contributed by atoms with Crippen LogP contribution in [0.1, 0.15) is 12.5 Å². The Kier molecular flexibility index (Phi) is 5.89. The normalized spacial score (nSPS) is 14.5. The van der Waals surface area contributed by atoms with E-state index in [9.17, 15) is 9.59 Å². The monoisotopic (exact) mass is 410 g/mol. The molecule has 0 aliphatic carbocycles. The lowest BCUT2D eigenvalue weighted by Crippen LogP contribution is -2.40. The molecule has 6 nitrogen and oxygen atoms in total. The molecule has 3 aromatic carbocycles. The van der Waals surface area contributed by atoms with Crippen LogP contribution >= 0.6 is 0 Å². The number of nitrogens with one attached hydrogen (secondary N) is 1. The second kappa shape index (κ2) is 9.09. The lowest BCUT2D eigenvalue weighted by molar-refractivity contribution is -0.120. The van der Waals surface area contributed by atoms with Crippen molar-refractivity contribution in [1.82, 2.24) is 5.43 Å². The van der Waals surface area contributed by atoms with E-state index in [0.717, 1.165) is 11.3 Å². The maximum Gasteiger partial charge on any atom is 0.282 e. The summed E-state index contributed by atoms with van der Waals surface area (Å²) in [5, 5.41) is 7.35. The van der Waals surface area contributed by atoms with E-state index in [-0.39, 0.29) is 18.2 Å². The average molecular weight is 410 g/mol. The fourth-order valence-corrected chi connectivity index (χ4v) is 3.26. The number of para-hydroxylation sites is 2. The summed E-state index contributed by atoms with van der Waals surface area (Å²) in [5.74, 6) is -0.436. The Bertz CT molecular complexity index is 1130. The van der Waals surface area contributed by atoms with E-state index in [4.69, 9.17) is 0 Å². The van der Waals surface area contributed by atoms with Gasteiger partial charge in [-0.2, -0.15) is 10.1 Å². The van der Waals surface area contributed by atoms with E-state index in [1.807, 2.05) is 91.0 Å². The third kappa shape index (κ3) is 4.70. The van der Waals surface area contributed by atoms with Gasteiger partial charge in [0.25, 0.3) is 5.91 Å². The van der Waals surface area contributed by atoms with Gasteiger partial charge in [-0.3, -0.25) is 20.0 Å². The van der Waals surface area contributed by atoms with E-state index < -0.39 is 0 Å². The van der Waals surface area contributed by atoms with Gasteiger partial charge in [0, 0.05) is 6.20 Å². The maximum atomic E-state index is 13.1. The SMILES string of the molecule is CC1=NN(c2ccccc2)C(=O)/C1=C\N(NC(=O)Cc1ccccc1)c1ccccc1. The van der Waals surface area contributed by atoms with Crippen LogP contribution in [-0.4, -0.2) is 17.5 Å². The first-order valence-corrected chi connectivity index (χ1v) is 9.96. The number of amides is 2. The summed E-state index contributed by atoms with van der Waals surface area (Å²) in [4.78, 5) is 25.8. The van der Waals surface area contributed by atoms with Crippen LogP contribution in [0.5, 0.6) is 0 Å². The van der Waals surface area contributed by atoms with Crippen LogP contribution in [-0.2, 0) is 16.0 Å². The molecule has 0 fully saturated rings. The van der Waals surface area contributed by atoms with E-state index in [1.165, 1.54) is 5.01 Å². The molecule has 1 aliphatic rings. The fraction of sp³-hybridized carbons (Fsp3) is 0.0800. The molecule has 4 rings (SSSR count). The molecular weight excluding hydrogens is 388 g/mol. The zero-order valence-corrected chi connectivity index (χ0v) is 17.1. The molecule has 0 aromatic heterocycles. The van der Waals surface area contributed by atoms with Gasteiger partial charge in [0.05, 0.1) is 29.1 Å². The molecule has 0 atom stereocenters. The van der Waals surface area contributed by atoms with Gasteiger partial charge in [-0.25, -0.2) is 0 Å². The van der Waals surface area contributed by atoms with Gasteiger partial charge in [-0.15, -0.1) is 0 Å². The number of benzene rings is 3. The Balaban J connectivity index is 1.60. The van der Waals surface area contributed by atoms with Crippen LogP contribution in [0.4, 0.5) is 11.4 Å². The largest absolute Gasteiger partial charge is 0.282 e. The first-order chi connectivity index (χ1) is 15.1. The predicted octanol–water partition coefficient (Wildman–Crippen LogP) is 4.07. The van der Waals surface area contributed by atoms with Gasteiger partial charge >= 0.3 is 0 Å². The Labute approximate surface area is 181 Å². The molecule has 6 heteroatoms. The molecular formula is C25H22N4O2. The number of anilines is 2. The maximum absolute atomic E-state index is 13.1. The van der Waals surface area contributed by atoms with Crippen molar-refractivity contribution in [2.45, 2.75) is 13.3 Å². The minimum Gasteiger partial charge on any atom is -0.273 e. The minimum atomic E-state index is -0.248. The number of carbonyl (C=O) groups is 2. The third-order valence-corrected chi connectivity index (χ3v) is 4.81. The quantitative estimate of drug-likeness (QED) is 0.492. The summed E-state index contributed by atoms with van der Waals surface area (Å²) in [7, 11) is 0. The standard InChI is InChI=1S/C25H22N4O2/c1-19-23(25(31)29(26-19)22-15-9-4-10-16-22)18-28(21-13-7-3-8-14-21)27-24(30)17-20-11-5-2-6-12-20/h2-16,18H,17H2,1H3,(H,27,30)/b23-18-. The van der Waals surface area contributed by atoms with Crippen molar-refractivity contribution >= 4 is 28.9 Å². The van der Waals surface area contributed by atoms with Crippen LogP contribution in [0.15, 0.2) is 108 Å². The number of carbonyl (C=O) groups excluding carboxylic acids is 2. The smallest absolute Gasteiger partial charge is 0.273 e. The molecule has 1 aliphatic heterocycles. The molecule has 1 N–H and O–H groups in total. The number of rotatable bonds is 6. The van der Waals surface area contributed by atoms with Gasteiger partial charge in [0.2, 0.25) is 5.91 Å². The van der Waals surface area contributed by atoms with Crippen LogP contribution in [0.2, 0.25) is 0 Å². The van der Waals surface area contributed by atoms with Crippen molar-refractivity contribution in [3.05, 3.63) is 108 Å². The Morgan fingerprint density at radius 2 is 1.52 bits per heavy atom. The van der Waals surface area contributed by atoms with E-state index in [0.29, 0.717) is 17.0 Å². The highest BCUT2D eigenvalue weighted by molar-refractivity contribution is 6.29. The second-order valence-corrected chi connectivity index (χ2v) is 7.08. The van der Waals surface area contributed by atoms with Crippen molar-refractivity contribution in [2.75, 3.05) is 10.0 Å². The molecule has 0 spiro atoms. The highest BCUT2D eigenvalue weighted by Gasteiger charge is 2.29. The summed E-state index contributed by atoms with van der Waals surface area (Å²) in [5.41, 5.74) is 6.21. The number of hydrazine groups is 1. The van der Waals surface area contributed by atoms with Crippen LogP contribution in [0, 0.1) is 0 Å². The number of hydrogen-bond donors (Lipinski definition) is 1. The van der Waals surface area contributed by atoms with Crippen molar-refractivity contribution in [1.29, 1.82) is 0 Å². The Morgan fingerprint density at radius 3 is 2.16 bits per heavy atom. The fourth-order valence-electron chi connectivity index (χ4n) is 3.26. The molecule has 1 heterocycles. The number of hydrazone groups is 1. The van der Waals surface area contributed by atoms with Gasteiger partial charge < -0.3 is 0 Å². The van der Waals surface area contributed by atoms with Crippen molar-refractivity contribution in [2.24, 2.45) is 5.10 Å². The van der Waals surface area contributed by atoms with Gasteiger partial charge in [-0.1, -0.05) is 66.7 Å². The van der Waals surface area contributed by atoms with Crippen molar-refractivity contribution < 1.29 is 9.59 Å². The molecule has 154 valence electrons. The average Bonchev–Trinajstić information content (AvgIpc) is 3.08. The van der Waals surface area contributed by atoms with Gasteiger partial charge in [0.1, 0.15) is 0 Å². The summed E-state index contributed by atoms with van der Waals surface area (Å²) < 4.78 is 0. The van der Waals surface area contributed by atoms with Crippen molar-refractivity contribution in [3.8, 4) is 0 Å². The lowest BCUT2D eigenvalue weighted by atomic mass is 10.1. The number of hydrogen-bond acceptors (Lipinski definition) is 4. The van der Waals surface area contributed by atoms with Crippen LogP contribution < -0.4 is 15.4 Å². The van der Waals surface area contributed by atoms with Gasteiger partial charge in [-0.05, 0) is 36.8 Å². The summed E-state index contributed by atoms with van der Waals surface area (Å²) in [6.07, 6.45) is 1.85. The summed E-state index contributed by atoms with van der Waals surface area (Å²) in [6.45, 7) is 1.78. The zero-order chi connectivity index (χ0) is 21.6. The Morgan fingerprint density at radius 1 is 0.935 bits per heavy atom. The highest BCUT2D eigenvalue weighted by atomic mass is 16.2. The zero-order valence-electron chi connectivity index (χ0n) is 17.1. The van der Waals surface area contributed by atoms with Crippen LogP contribution in [0.3, 0.4) is 0 Å². The molecule has 2 amide bonds. The van der Waals surface area contributed by atoms with E-state index in [2.05, 4.69) is 10.5 Å². The molecule has 0 bridgehead atoms. The van der Waals surface area contributed by atoms with Crippen molar-refractivity contribution in [3.63, 3.8) is 0 Å². The highest BCUT2D eigenvalue weighted by Crippen LogP contribution is 2.24.